The smallest absolute Gasteiger partial charge is 0.322 e. The van der Waals surface area contributed by atoms with E-state index in [1.165, 1.54) is 7.11 Å². The van der Waals surface area contributed by atoms with E-state index in [4.69, 9.17) is 38.4 Å². The Morgan fingerprint density at radius 2 is 1.84 bits per heavy atom. The lowest BCUT2D eigenvalue weighted by atomic mass is 10.0. The van der Waals surface area contributed by atoms with Gasteiger partial charge in [-0.3, -0.25) is 4.79 Å². The highest BCUT2D eigenvalue weighted by molar-refractivity contribution is 6.35. The minimum absolute atomic E-state index is 0.242. The lowest BCUT2D eigenvalue weighted by Crippen LogP contribution is -2.33. The van der Waals surface area contributed by atoms with E-state index in [0.717, 1.165) is 11.1 Å². The molecule has 2 aromatic carbocycles. The van der Waals surface area contributed by atoms with Crippen molar-refractivity contribution in [1.82, 2.24) is 0 Å². The summed E-state index contributed by atoms with van der Waals surface area (Å²) in [5, 5.41) is 0.962. The molecule has 0 spiro atoms. The monoisotopic (exact) mass is 383 g/mol. The SMILES string of the molecule is COC(=O)C(N)Cc1ccc(OC)c(COc2ccc(Cl)cc2Cl)c1. The molecule has 0 amide bonds. The van der Waals surface area contributed by atoms with Crippen molar-refractivity contribution < 1.29 is 19.0 Å². The van der Waals surface area contributed by atoms with E-state index in [-0.39, 0.29) is 6.61 Å². The van der Waals surface area contributed by atoms with E-state index in [1.807, 2.05) is 18.2 Å². The fourth-order valence-corrected chi connectivity index (χ4v) is 2.77. The molecular formula is C18H19Cl2NO4. The van der Waals surface area contributed by atoms with Crippen LogP contribution >= 0.6 is 23.2 Å². The number of halogens is 2. The van der Waals surface area contributed by atoms with Crippen molar-refractivity contribution in [3.63, 3.8) is 0 Å². The van der Waals surface area contributed by atoms with Gasteiger partial charge in [-0.1, -0.05) is 29.3 Å². The van der Waals surface area contributed by atoms with Gasteiger partial charge in [-0.05, 0) is 42.3 Å². The summed E-state index contributed by atoms with van der Waals surface area (Å²) < 4.78 is 15.8. The molecule has 1 unspecified atom stereocenters. The van der Waals surface area contributed by atoms with Gasteiger partial charge in [0.2, 0.25) is 0 Å². The molecule has 0 heterocycles. The average molecular weight is 384 g/mol. The Bertz CT molecular complexity index is 752. The molecule has 0 aromatic heterocycles. The summed E-state index contributed by atoms with van der Waals surface area (Å²) in [5.74, 6) is 0.729. The first-order valence-electron chi connectivity index (χ1n) is 7.51. The van der Waals surface area contributed by atoms with Crippen LogP contribution < -0.4 is 15.2 Å². The molecule has 2 N–H and O–H groups in total. The van der Waals surface area contributed by atoms with Crippen molar-refractivity contribution in [2.24, 2.45) is 5.73 Å². The molecule has 0 aliphatic rings. The first-order valence-corrected chi connectivity index (χ1v) is 8.27. The van der Waals surface area contributed by atoms with Crippen molar-refractivity contribution in [2.45, 2.75) is 19.1 Å². The van der Waals surface area contributed by atoms with Gasteiger partial charge in [0.15, 0.2) is 0 Å². The number of carbonyl (C=O) groups excluding carboxylic acids is 1. The highest BCUT2D eigenvalue weighted by atomic mass is 35.5. The van der Waals surface area contributed by atoms with Crippen LogP contribution in [-0.4, -0.2) is 26.2 Å². The first-order chi connectivity index (χ1) is 11.9. The van der Waals surface area contributed by atoms with Crippen molar-refractivity contribution in [1.29, 1.82) is 0 Å². The van der Waals surface area contributed by atoms with Crippen molar-refractivity contribution in [2.75, 3.05) is 14.2 Å². The van der Waals surface area contributed by atoms with Crippen molar-refractivity contribution in [3.8, 4) is 11.5 Å². The van der Waals surface area contributed by atoms with Crippen LogP contribution in [-0.2, 0) is 22.6 Å². The van der Waals surface area contributed by atoms with Gasteiger partial charge >= 0.3 is 5.97 Å². The van der Waals surface area contributed by atoms with Crippen LogP contribution in [0.1, 0.15) is 11.1 Å². The van der Waals surface area contributed by atoms with Gasteiger partial charge in [0.1, 0.15) is 24.1 Å². The Morgan fingerprint density at radius 3 is 2.48 bits per heavy atom. The topological polar surface area (TPSA) is 70.8 Å². The van der Waals surface area contributed by atoms with Gasteiger partial charge in [0, 0.05) is 10.6 Å². The Morgan fingerprint density at radius 1 is 1.12 bits per heavy atom. The van der Waals surface area contributed by atoms with E-state index < -0.39 is 12.0 Å². The normalized spacial score (nSPS) is 11.7. The number of benzene rings is 2. The van der Waals surface area contributed by atoms with Gasteiger partial charge in [-0.15, -0.1) is 0 Å². The number of hydrogen-bond acceptors (Lipinski definition) is 5. The number of carbonyl (C=O) groups is 1. The van der Waals surface area contributed by atoms with Crippen LogP contribution in [0.25, 0.3) is 0 Å². The minimum Gasteiger partial charge on any atom is -0.496 e. The van der Waals surface area contributed by atoms with E-state index in [0.29, 0.717) is 28.0 Å². The van der Waals surface area contributed by atoms with Crippen LogP contribution in [0, 0.1) is 0 Å². The number of hydrogen-bond donors (Lipinski definition) is 1. The average Bonchev–Trinajstić information content (AvgIpc) is 2.60. The molecule has 0 aliphatic heterocycles. The third-order valence-electron chi connectivity index (χ3n) is 3.58. The second-order valence-corrected chi connectivity index (χ2v) is 6.19. The largest absolute Gasteiger partial charge is 0.496 e. The number of nitrogens with two attached hydrogens (primary N) is 1. The second kappa shape index (κ2) is 8.94. The Balaban J connectivity index is 2.15. The van der Waals surface area contributed by atoms with Gasteiger partial charge in [0.05, 0.1) is 19.2 Å². The summed E-state index contributed by atoms with van der Waals surface area (Å²) in [6, 6.07) is 9.83. The third-order valence-corrected chi connectivity index (χ3v) is 4.11. The Labute approximate surface area is 156 Å². The lowest BCUT2D eigenvalue weighted by molar-refractivity contribution is -0.142. The molecule has 134 valence electrons. The van der Waals surface area contributed by atoms with E-state index in [2.05, 4.69) is 4.74 Å². The van der Waals surface area contributed by atoms with Crippen molar-refractivity contribution in [3.05, 3.63) is 57.6 Å². The molecular weight excluding hydrogens is 365 g/mol. The highest BCUT2D eigenvalue weighted by Gasteiger charge is 2.15. The zero-order chi connectivity index (χ0) is 18.4. The van der Waals surface area contributed by atoms with Gasteiger partial charge in [-0.25, -0.2) is 0 Å². The molecule has 0 aliphatic carbocycles. The maximum Gasteiger partial charge on any atom is 0.322 e. The lowest BCUT2D eigenvalue weighted by Gasteiger charge is -2.14. The summed E-state index contributed by atoms with van der Waals surface area (Å²) in [6.07, 6.45) is 0.353. The minimum atomic E-state index is -0.724. The van der Waals surface area contributed by atoms with Gasteiger partial charge in [-0.2, -0.15) is 0 Å². The second-order valence-electron chi connectivity index (χ2n) is 5.34. The molecule has 0 bridgehead atoms. The molecule has 0 saturated carbocycles. The standard InChI is InChI=1S/C18H19Cl2NO4/c1-23-16-5-3-11(8-15(21)18(22)24-2)7-12(16)10-25-17-6-4-13(19)9-14(17)20/h3-7,9,15H,8,10,21H2,1-2H3. The summed E-state index contributed by atoms with van der Waals surface area (Å²) in [7, 11) is 2.89. The molecule has 2 rings (SSSR count). The fraction of sp³-hybridized carbons (Fsp3) is 0.278. The van der Waals surface area contributed by atoms with E-state index >= 15 is 0 Å². The molecule has 7 heteroatoms. The summed E-state index contributed by atoms with van der Waals surface area (Å²) >= 11 is 12.0. The highest BCUT2D eigenvalue weighted by Crippen LogP contribution is 2.29. The van der Waals surface area contributed by atoms with Crippen LogP contribution in [0.4, 0.5) is 0 Å². The third kappa shape index (κ3) is 5.26. The van der Waals surface area contributed by atoms with E-state index in [9.17, 15) is 4.79 Å². The van der Waals surface area contributed by atoms with E-state index in [1.54, 1.807) is 25.3 Å². The van der Waals surface area contributed by atoms with Gasteiger partial charge < -0.3 is 19.9 Å². The van der Waals surface area contributed by atoms with Crippen LogP contribution in [0.3, 0.4) is 0 Å². The Kier molecular flexibility index (Phi) is 6.93. The van der Waals surface area contributed by atoms with Crippen LogP contribution in [0.15, 0.2) is 36.4 Å². The molecule has 2 aromatic rings. The zero-order valence-electron chi connectivity index (χ0n) is 13.9. The molecule has 5 nitrogen and oxygen atoms in total. The quantitative estimate of drug-likeness (QED) is 0.739. The molecule has 0 radical (unpaired) electrons. The number of esters is 1. The van der Waals surface area contributed by atoms with Gasteiger partial charge in [0.25, 0.3) is 0 Å². The summed E-state index contributed by atoms with van der Waals surface area (Å²) in [5.41, 5.74) is 7.50. The fourth-order valence-electron chi connectivity index (χ4n) is 2.31. The number of rotatable bonds is 7. The predicted octanol–water partition coefficient (Wildman–Crippen LogP) is 3.62. The zero-order valence-corrected chi connectivity index (χ0v) is 15.4. The molecule has 0 fully saturated rings. The predicted molar refractivity (Wildman–Crippen MR) is 97.5 cm³/mol. The van der Waals surface area contributed by atoms with Crippen LogP contribution in [0.5, 0.6) is 11.5 Å². The molecule has 1 atom stereocenters. The summed E-state index contributed by atoms with van der Waals surface area (Å²) in [6.45, 7) is 0.242. The van der Waals surface area contributed by atoms with Crippen molar-refractivity contribution >= 4 is 29.2 Å². The number of ether oxygens (including phenoxy) is 3. The summed E-state index contributed by atoms with van der Waals surface area (Å²) in [4.78, 5) is 11.5. The van der Waals surface area contributed by atoms with Crippen LogP contribution in [0.2, 0.25) is 10.0 Å². The maximum absolute atomic E-state index is 11.5. The molecule has 25 heavy (non-hydrogen) atoms. The number of methoxy groups -OCH3 is 2. The first kappa shape index (κ1) is 19.4. The molecule has 0 saturated heterocycles. The Hall–Kier alpha value is -1.95. The maximum atomic E-state index is 11.5.